The standard InChI is InChI=1S/C12H24N2O3/c1-5-12(4,10(16)17)8-14-9(15)6-7-11(2,3)13/h5-8,13H2,1-4H3,(H,14,15)(H,16,17). The molecule has 1 atom stereocenters. The molecule has 0 aromatic heterocycles. The molecule has 0 fully saturated rings. The van der Waals surface area contributed by atoms with Gasteiger partial charge in [0.2, 0.25) is 5.91 Å². The van der Waals surface area contributed by atoms with Gasteiger partial charge in [0.25, 0.3) is 0 Å². The molecule has 0 aromatic rings. The number of nitrogens with two attached hydrogens (primary N) is 1. The number of carbonyl (C=O) groups excluding carboxylic acids is 1. The molecule has 0 spiro atoms. The van der Waals surface area contributed by atoms with E-state index in [4.69, 9.17) is 10.8 Å². The maximum absolute atomic E-state index is 11.5. The second-order valence-corrected chi connectivity index (χ2v) is 5.48. The van der Waals surface area contributed by atoms with Crippen molar-refractivity contribution in [3.63, 3.8) is 0 Å². The first-order chi connectivity index (χ1) is 7.60. The predicted octanol–water partition coefficient (Wildman–Crippen LogP) is 1.12. The Kier molecular flexibility index (Phi) is 5.61. The zero-order valence-electron chi connectivity index (χ0n) is 11.2. The molecule has 0 bridgehead atoms. The van der Waals surface area contributed by atoms with Crippen LogP contribution in [0, 0.1) is 5.41 Å². The van der Waals surface area contributed by atoms with Crippen molar-refractivity contribution in [1.29, 1.82) is 0 Å². The maximum Gasteiger partial charge on any atom is 0.311 e. The number of hydrogen-bond donors (Lipinski definition) is 3. The average Bonchev–Trinajstić information content (AvgIpc) is 2.21. The van der Waals surface area contributed by atoms with E-state index >= 15 is 0 Å². The van der Waals surface area contributed by atoms with Crippen molar-refractivity contribution in [2.75, 3.05) is 6.54 Å². The Morgan fingerprint density at radius 1 is 1.29 bits per heavy atom. The molecule has 0 aliphatic rings. The molecular formula is C12H24N2O3. The fourth-order valence-corrected chi connectivity index (χ4v) is 1.17. The molecule has 1 unspecified atom stereocenters. The van der Waals surface area contributed by atoms with Crippen LogP contribution in [0.25, 0.3) is 0 Å². The van der Waals surface area contributed by atoms with Gasteiger partial charge in [0.15, 0.2) is 0 Å². The van der Waals surface area contributed by atoms with E-state index in [9.17, 15) is 9.59 Å². The zero-order valence-corrected chi connectivity index (χ0v) is 11.2. The summed E-state index contributed by atoms with van der Waals surface area (Å²) in [5, 5.41) is 11.7. The van der Waals surface area contributed by atoms with E-state index in [1.165, 1.54) is 0 Å². The minimum atomic E-state index is -0.895. The van der Waals surface area contributed by atoms with Crippen LogP contribution in [0.5, 0.6) is 0 Å². The summed E-state index contributed by atoms with van der Waals surface area (Å²) in [6, 6.07) is 0. The lowest BCUT2D eigenvalue weighted by Gasteiger charge is -2.24. The van der Waals surface area contributed by atoms with Crippen LogP contribution in [-0.2, 0) is 9.59 Å². The quantitative estimate of drug-likeness (QED) is 0.625. The van der Waals surface area contributed by atoms with Crippen LogP contribution in [0.4, 0.5) is 0 Å². The smallest absolute Gasteiger partial charge is 0.311 e. The minimum absolute atomic E-state index is 0.149. The molecule has 0 aromatic carbocycles. The number of carboxylic acid groups (broad SMARTS) is 1. The van der Waals surface area contributed by atoms with Crippen LogP contribution >= 0.6 is 0 Å². The first kappa shape index (κ1) is 15.9. The van der Waals surface area contributed by atoms with E-state index in [1.54, 1.807) is 13.8 Å². The number of carboxylic acids is 1. The summed E-state index contributed by atoms with van der Waals surface area (Å²) in [6.07, 6.45) is 1.38. The lowest BCUT2D eigenvalue weighted by atomic mass is 9.87. The van der Waals surface area contributed by atoms with Gasteiger partial charge in [-0.15, -0.1) is 0 Å². The van der Waals surface area contributed by atoms with Gasteiger partial charge in [0.1, 0.15) is 0 Å². The number of amides is 1. The highest BCUT2D eigenvalue weighted by atomic mass is 16.4. The fraction of sp³-hybridized carbons (Fsp3) is 0.833. The molecule has 5 heteroatoms. The van der Waals surface area contributed by atoms with Crippen LogP contribution in [-0.4, -0.2) is 29.1 Å². The maximum atomic E-state index is 11.5. The van der Waals surface area contributed by atoms with E-state index < -0.39 is 11.4 Å². The summed E-state index contributed by atoms with van der Waals surface area (Å²) in [5.74, 6) is -1.04. The summed E-state index contributed by atoms with van der Waals surface area (Å²) in [5.41, 5.74) is 4.49. The van der Waals surface area contributed by atoms with E-state index in [0.717, 1.165) is 0 Å². The van der Waals surface area contributed by atoms with Gasteiger partial charge >= 0.3 is 5.97 Å². The van der Waals surface area contributed by atoms with Gasteiger partial charge in [-0.3, -0.25) is 9.59 Å². The normalized spacial score (nSPS) is 15.1. The highest BCUT2D eigenvalue weighted by Crippen LogP contribution is 2.20. The molecule has 17 heavy (non-hydrogen) atoms. The van der Waals surface area contributed by atoms with Gasteiger partial charge in [-0.1, -0.05) is 6.92 Å². The summed E-state index contributed by atoms with van der Waals surface area (Å²) >= 11 is 0. The fourth-order valence-electron chi connectivity index (χ4n) is 1.17. The van der Waals surface area contributed by atoms with Crippen molar-refractivity contribution in [1.82, 2.24) is 5.32 Å². The molecule has 0 aliphatic carbocycles. The van der Waals surface area contributed by atoms with Gasteiger partial charge in [-0.05, 0) is 33.6 Å². The molecule has 0 saturated heterocycles. The van der Waals surface area contributed by atoms with Gasteiger partial charge in [0.05, 0.1) is 5.41 Å². The number of hydrogen-bond acceptors (Lipinski definition) is 3. The summed E-state index contributed by atoms with van der Waals surface area (Å²) in [6.45, 7) is 7.29. The highest BCUT2D eigenvalue weighted by Gasteiger charge is 2.31. The molecule has 0 saturated carbocycles. The number of rotatable bonds is 7. The van der Waals surface area contributed by atoms with E-state index in [0.29, 0.717) is 19.3 Å². The molecule has 0 aliphatic heterocycles. The lowest BCUT2D eigenvalue weighted by Crippen LogP contribution is -2.41. The Labute approximate surface area is 103 Å². The Bertz CT molecular complexity index is 284. The summed E-state index contributed by atoms with van der Waals surface area (Å²) < 4.78 is 0. The molecule has 5 nitrogen and oxygen atoms in total. The van der Waals surface area contributed by atoms with Gasteiger partial charge < -0.3 is 16.2 Å². The van der Waals surface area contributed by atoms with Gasteiger partial charge in [-0.2, -0.15) is 0 Å². The molecule has 100 valence electrons. The third-order valence-corrected chi connectivity index (χ3v) is 2.97. The topological polar surface area (TPSA) is 92.4 Å². The Balaban J connectivity index is 4.11. The van der Waals surface area contributed by atoms with Crippen LogP contribution in [0.2, 0.25) is 0 Å². The molecule has 1 amide bonds. The average molecular weight is 244 g/mol. The molecule has 0 heterocycles. The van der Waals surface area contributed by atoms with Crippen molar-refractivity contribution in [3.8, 4) is 0 Å². The third kappa shape index (κ3) is 6.26. The molecule has 0 rings (SSSR count). The molecular weight excluding hydrogens is 220 g/mol. The van der Waals surface area contributed by atoms with Crippen LogP contribution < -0.4 is 11.1 Å². The van der Waals surface area contributed by atoms with Crippen LogP contribution in [0.3, 0.4) is 0 Å². The molecule has 0 radical (unpaired) electrons. The van der Waals surface area contributed by atoms with Gasteiger partial charge in [0, 0.05) is 18.5 Å². The highest BCUT2D eigenvalue weighted by molar-refractivity contribution is 5.78. The zero-order chi connectivity index (χ0) is 13.7. The summed E-state index contributed by atoms with van der Waals surface area (Å²) in [7, 11) is 0. The van der Waals surface area contributed by atoms with Gasteiger partial charge in [-0.25, -0.2) is 0 Å². The first-order valence-electron chi connectivity index (χ1n) is 5.90. The Morgan fingerprint density at radius 3 is 2.18 bits per heavy atom. The van der Waals surface area contributed by atoms with Crippen LogP contribution in [0.1, 0.15) is 47.0 Å². The van der Waals surface area contributed by atoms with E-state index in [-0.39, 0.29) is 18.0 Å². The van der Waals surface area contributed by atoms with Crippen molar-refractivity contribution in [2.45, 2.75) is 52.5 Å². The number of aliphatic carboxylic acids is 1. The minimum Gasteiger partial charge on any atom is -0.481 e. The lowest BCUT2D eigenvalue weighted by molar-refractivity contribution is -0.148. The predicted molar refractivity (Wildman–Crippen MR) is 66.5 cm³/mol. The largest absolute Gasteiger partial charge is 0.481 e. The molecule has 4 N–H and O–H groups in total. The third-order valence-electron chi connectivity index (χ3n) is 2.97. The number of carbonyl (C=O) groups is 2. The Hall–Kier alpha value is -1.10. The summed E-state index contributed by atoms with van der Waals surface area (Å²) in [4.78, 5) is 22.5. The SMILES string of the molecule is CCC(C)(CNC(=O)CCC(C)(C)N)C(=O)O. The van der Waals surface area contributed by atoms with E-state index in [1.807, 2.05) is 13.8 Å². The monoisotopic (exact) mass is 244 g/mol. The van der Waals surface area contributed by atoms with E-state index in [2.05, 4.69) is 5.32 Å². The number of nitrogens with one attached hydrogen (secondary N) is 1. The Morgan fingerprint density at radius 2 is 1.82 bits per heavy atom. The second kappa shape index (κ2) is 6.00. The van der Waals surface area contributed by atoms with Crippen molar-refractivity contribution < 1.29 is 14.7 Å². The van der Waals surface area contributed by atoms with Crippen molar-refractivity contribution in [3.05, 3.63) is 0 Å². The second-order valence-electron chi connectivity index (χ2n) is 5.48. The van der Waals surface area contributed by atoms with Crippen LogP contribution in [0.15, 0.2) is 0 Å². The van der Waals surface area contributed by atoms with Crippen molar-refractivity contribution in [2.24, 2.45) is 11.1 Å². The van der Waals surface area contributed by atoms with Crippen molar-refractivity contribution >= 4 is 11.9 Å². The first-order valence-corrected chi connectivity index (χ1v) is 5.90.